The van der Waals surface area contributed by atoms with Crippen molar-refractivity contribution in [2.24, 2.45) is 0 Å². The van der Waals surface area contributed by atoms with Gasteiger partial charge in [-0.2, -0.15) is 0 Å². The van der Waals surface area contributed by atoms with Crippen LogP contribution in [-0.2, 0) is 17.4 Å². The van der Waals surface area contributed by atoms with Crippen LogP contribution in [0.4, 0.5) is 0 Å². The van der Waals surface area contributed by atoms with Gasteiger partial charge in [0.15, 0.2) is 46.1 Å². The maximum atomic E-state index is 13.2. The van der Waals surface area contributed by atoms with Crippen molar-refractivity contribution in [2.45, 2.75) is 25.7 Å². The van der Waals surface area contributed by atoms with Crippen LogP contribution in [0.5, 0.6) is 23.0 Å². The Hall–Kier alpha value is -6.61. The van der Waals surface area contributed by atoms with Gasteiger partial charge in [-0.3, -0.25) is 24.1 Å². The van der Waals surface area contributed by atoms with Gasteiger partial charge in [0.1, 0.15) is 0 Å². The van der Waals surface area contributed by atoms with E-state index in [4.69, 9.17) is 18.5 Å². The molecule has 57 heavy (non-hydrogen) atoms. The molecule has 0 aliphatic carbocycles. The standard InChI is InChI=1S/C46H39O10P/c1-53-43-27-31(19-23-39(47)35-15-9-17-37(29-35)45(49)33-11-5-3-6-12-33)21-25-41(43)55-57(51,52)56-42-26-22-32(28-44(42)54-2)20-24-40(48)36-16-10-18-38(30-36)46(50)34-13-7-4-8-14-34/h3-18,21-22,25-30H,19-20,23-24H2,1-2H3,(H,51,52). The minimum atomic E-state index is -4.78. The zero-order chi connectivity index (χ0) is 40.4. The third-order valence-corrected chi connectivity index (χ3v) is 9.99. The van der Waals surface area contributed by atoms with E-state index in [0.717, 1.165) is 0 Å². The Morgan fingerprint density at radius 1 is 0.456 bits per heavy atom. The summed E-state index contributed by atoms with van der Waals surface area (Å²) >= 11 is 0. The summed E-state index contributed by atoms with van der Waals surface area (Å²) in [7, 11) is -2.03. The number of Topliss-reactive ketones (excluding diaryl/α,β-unsaturated/α-hetero) is 2. The summed E-state index contributed by atoms with van der Waals surface area (Å²) < 4.78 is 34.9. The van der Waals surface area contributed by atoms with Gasteiger partial charge < -0.3 is 18.5 Å². The van der Waals surface area contributed by atoms with E-state index < -0.39 is 7.82 Å². The van der Waals surface area contributed by atoms with Gasteiger partial charge in [-0.15, -0.1) is 0 Å². The van der Waals surface area contributed by atoms with Crippen LogP contribution in [0.25, 0.3) is 0 Å². The normalized spacial score (nSPS) is 11.0. The third kappa shape index (κ3) is 10.4. The van der Waals surface area contributed by atoms with Gasteiger partial charge in [0.2, 0.25) is 0 Å². The number of carbonyl (C=O) groups is 4. The highest BCUT2D eigenvalue weighted by Crippen LogP contribution is 2.49. The second kappa shape index (κ2) is 18.3. The lowest BCUT2D eigenvalue weighted by Crippen LogP contribution is -2.06. The van der Waals surface area contributed by atoms with Crippen LogP contribution in [0.2, 0.25) is 0 Å². The van der Waals surface area contributed by atoms with Crippen LogP contribution >= 0.6 is 7.82 Å². The zero-order valence-electron chi connectivity index (χ0n) is 31.3. The predicted molar refractivity (Wildman–Crippen MR) is 215 cm³/mol. The summed E-state index contributed by atoms with van der Waals surface area (Å²) in [5.74, 6) is -0.479. The number of methoxy groups -OCH3 is 2. The number of benzene rings is 6. The number of ether oxygens (including phenoxy) is 2. The summed E-state index contributed by atoms with van der Waals surface area (Å²) in [5, 5.41) is 0. The predicted octanol–water partition coefficient (Wildman–Crippen LogP) is 9.36. The maximum absolute atomic E-state index is 13.2. The highest BCUT2D eigenvalue weighted by molar-refractivity contribution is 7.48. The summed E-state index contributed by atoms with van der Waals surface area (Å²) in [6.45, 7) is 0. The van der Waals surface area contributed by atoms with Crippen LogP contribution in [0, 0.1) is 0 Å². The first kappa shape index (κ1) is 40.1. The van der Waals surface area contributed by atoms with E-state index in [1.54, 1.807) is 121 Å². The Bertz CT molecular complexity index is 2290. The van der Waals surface area contributed by atoms with E-state index in [9.17, 15) is 28.6 Å². The lowest BCUT2D eigenvalue weighted by molar-refractivity contribution is 0.0974. The SMILES string of the molecule is COc1cc(CCC(=O)c2cccc(C(=O)c3ccccc3)c2)ccc1OP(=O)(O)Oc1ccc(CCC(=O)c2cccc(C(=O)c3ccccc3)c2)cc1OC. The van der Waals surface area contributed by atoms with Crippen molar-refractivity contribution in [1.29, 1.82) is 0 Å². The Morgan fingerprint density at radius 2 is 0.825 bits per heavy atom. The molecule has 0 aromatic heterocycles. The molecular formula is C46H39O10P. The van der Waals surface area contributed by atoms with Crippen LogP contribution in [0.3, 0.4) is 0 Å². The van der Waals surface area contributed by atoms with Crippen molar-refractivity contribution in [3.8, 4) is 23.0 Å². The highest BCUT2D eigenvalue weighted by Gasteiger charge is 2.29. The topological polar surface area (TPSA) is 142 Å². The maximum Gasteiger partial charge on any atom is 0.585 e. The molecular weight excluding hydrogens is 743 g/mol. The van der Waals surface area contributed by atoms with Gasteiger partial charge in [0.25, 0.3) is 0 Å². The van der Waals surface area contributed by atoms with Crippen LogP contribution in [0.15, 0.2) is 146 Å². The fourth-order valence-corrected chi connectivity index (χ4v) is 6.97. The molecule has 6 aromatic rings. The fraction of sp³-hybridized carbons (Fsp3) is 0.130. The molecule has 1 N–H and O–H groups in total. The molecule has 0 fully saturated rings. The lowest BCUT2D eigenvalue weighted by atomic mass is 9.97. The van der Waals surface area contributed by atoms with Gasteiger partial charge in [-0.1, -0.05) is 109 Å². The van der Waals surface area contributed by atoms with Gasteiger partial charge in [0, 0.05) is 46.2 Å². The van der Waals surface area contributed by atoms with Crippen molar-refractivity contribution >= 4 is 31.0 Å². The molecule has 6 aromatic carbocycles. The van der Waals surface area contributed by atoms with Gasteiger partial charge in [-0.05, 0) is 60.4 Å². The summed E-state index contributed by atoms with van der Waals surface area (Å²) in [5.41, 5.74) is 4.16. The average Bonchev–Trinajstić information content (AvgIpc) is 3.25. The number of carbonyl (C=O) groups excluding carboxylic acids is 4. The van der Waals surface area contributed by atoms with E-state index in [-0.39, 0.29) is 59.0 Å². The quantitative estimate of drug-likeness (QED) is 0.0662. The first-order valence-electron chi connectivity index (χ1n) is 18.1. The van der Waals surface area contributed by atoms with Crippen molar-refractivity contribution in [3.63, 3.8) is 0 Å². The average molecular weight is 783 g/mol. The zero-order valence-corrected chi connectivity index (χ0v) is 32.1. The molecule has 0 atom stereocenters. The highest BCUT2D eigenvalue weighted by atomic mass is 31.2. The number of phosphoric acid groups is 1. The molecule has 0 saturated heterocycles. The number of hydrogen-bond donors (Lipinski definition) is 1. The molecule has 6 rings (SSSR count). The largest absolute Gasteiger partial charge is 0.585 e. The van der Waals surface area contributed by atoms with Crippen LogP contribution < -0.4 is 18.5 Å². The Morgan fingerprint density at radius 3 is 1.21 bits per heavy atom. The fourth-order valence-electron chi connectivity index (χ4n) is 6.14. The van der Waals surface area contributed by atoms with Crippen LogP contribution in [0.1, 0.15) is 76.5 Å². The van der Waals surface area contributed by atoms with Crippen LogP contribution in [-0.4, -0.2) is 42.2 Å². The second-order valence-corrected chi connectivity index (χ2v) is 14.3. The molecule has 0 unspecified atom stereocenters. The van der Waals surface area contributed by atoms with Crippen molar-refractivity contribution in [3.05, 3.63) is 190 Å². The van der Waals surface area contributed by atoms with E-state index in [0.29, 0.717) is 57.3 Å². The second-order valence-electron chi connectivity index (χ2n) is 13.0. The first-order valence-corrected chi connectivity index (χ1v) is 19.5. The van der Waals surface area contributed by atoms with Crippen molar-refractivity contribution in [2.75, 3.05) is 14.2 Å². The smallest absolute Gasteiger partial charge is 0.493 e. The summed E-state index contributed by atoms with van der Waals surface area (Å²) in [6.07, 6.45) is 0.936. The molecule has 288 valence electrons. The number of rotatable bonds is 18. The molecule has 0 spiro atoms. The Labute approximate surface area is 330 Å². The lowest BCUT2D eigenvalue weighted by Gasteiger charge is -2.18. The number of hydrogen-bond acceptors (Lipinski definition) is 9. The van der Waals surface area contributed by atoms with Crippen molar-refractivity contribution < 1.29 is 47.2 Å². The van der Waals surface area contributed by atoms with E-state index in [2.05, 4.69) is 0 Å². The molecule has 0 saturated carbocycles. The van der Waals surface area contributed by atoms with Gasteiger partial charge >= 0.3 is 7.82 Å². The molecule has 10 nitrogen and oxygen atoms in total. The number of aryl methyl sites for hydroxylation is 2. The molecule has 0 heterocycles. The summed E-state index contributed by atoms with van der Waals surface area (Å²) in [6, 6.07) is 40.3. The van der Waals surface area contributed by atoms with E-state index in [1.165, 1.54) is 26.4 Å². The Balaban J connectivity index is 1.05. The number of ketones is 4. The van der Waals surface area contributed by atoms with Gasteiger partial charge in [0.05, 0.1) is 14.2 Å². The minimum Gasteiger partial charge on any atom is -0.493 e. The Kier molecular flexibility index (Phi) is 12.9. The molecule has 11 heteroatoms. The minimum absolute atomic E-state index is 0.0610. The van der Waals surface area contributed by atoms with Crippen molar-refractivity contribution in [1.82, 2.24) is 0 Å². The third-order valence-electron chi connectivity index (χ3n) is 9.13. The monoisotopic (exact) mass is 782 g/mol. The van der Waals surface area contributed by atoms with E-state index >= 15 is 0 Å². The molecule has 0 radical (unpaired) electrons. The number of phosphoric ester groups is 1. The molecule has 0 aliphatic heterocycles. The summed E-state index contributed by atoms with van der Waals surface area (Å²) in [4.78, 5) is 62.7. The first-order chi connectivity index (χ1) is 27.5. The van der Waals surface area contributed by atoms with Gasteiger partial charge in [-0.25, -0.2) is 4.57 Å². The molecule has 0 aliphatic rings. The molecule has 0 amide bonds. The molecule has 0 bridgehead atoms. The van der Waals surface area contributed by atoms with E-state index in [1.807, 2.05) is 12.1 Å².